The van der Waals surface area contributed by atoms with Crippen molar-refractivity contribution in [3.8, 4) is 0 Å². The minimum absolute atomic E-state index is 0.0500. The number of nitrogens with two attached hydrogens (primary N) is 2. The summed E-state index contributed by atoms with van der Waals surface area (Å²) in [5.74, 6) is -0.357. The van der Waals surface area contributed by atoms with Crippen molar-refractivity contribution in [2.45, 2.75) is 13.3 Å². The van der Waals surface area contributed by atoms with Gasteiger partial charge in [0.15, 0.2) is 0 Å². The molecule has 0 unspecified atom stereocenters. The van der Waals surface area contributed by atoms with Crippen LogP contribution in [0.15, 0.2) is 18.2 Å². The Bertz CT molecular complexity index is 480. The highest BCUT2D eigenvalue weighted by atomic mass is 16.2. The van der Waals surface area contributed by atoms with E-state index < -0.39 is 0 Å². The summed E-state index contributed by atoms with van der Waals surface area (Å²) in [5, 5.41) is 0. The topological polar surface area (TPSA) is 92.7 Å². The zero-order chi connectivity index (χ0) is 15.3. The molecule has 0 spiro atoms. The van der Waals surface area contributed by atoms with Crippen molar-refractivity contribution < 1.29 is 9.59 Å². The fourth-order valence-electron chi connectivity index (χ4n) is 1.81. The number of anilines is 2. The average Bonchev–Trinajstić information content (AvgIpc) is 2.35. The molecule has 1 aromatic rings. The van der Waals surface area contributed by atoms with Gasteiger partial charge in [0.1, 0.15) is 6.54 Å². The fraction of sp³-hybridized carbons (Fsp3) is 0.429. The molecule has 0 fully saturated rings. The summed E-state index contributed by atoms with van der Waals surface area (Å²) in [5.41, 5.74) is 12.7. The molecule has 0 radical (unpaired) electrons. The van der Waals surface area contributed by atoms with E-state index in [0.717, 1.165) is 6.42 Å². The van der Waals surface area contributed by atoms with Gasteiger partial charge < -0.3 is 21.3 Å². The fourth-order valence-corrected chi connectivity index (χ4v) is 1.81. The number of carbonyl (C=O) groups excluding carboxylic acids is 2. The summed E-state index contributed by atoms with van der Waals surface area (Å²) in [4.78, 5) is 27.2. The SMILES string of the molecule is CCCN(CC(=O)N(C)C)C(=O)c1cc(N)cc(N)c1. The third kappa shape index (κ3) is 4.15. The van der Waals surface area contributed by atoms with Gasteiger partial charge in [-0.25, -0.2) is 0 Å². The molecule has 0 aliphatic carbocycles. The Labute approximate surface area is 119 Å². The van der Waals surface area contributed by atoms with Crippen LogP contribution in [0.1, 0.15) is 23.7 Å². The molecule has 1 aromatic carbocycles. The van der Waals surface area contributed by atoms with Crippen LogP contribution in [0.4, 0.5) is 11.4 Å². The first-order valence-corrected chi connectivity index (χ1v) is 6.50. The van der Waals surface area contributed by atoms with E-state index in [4.69, 9.17) is 11.5 Å². The molecule has 6 heteroatoms. The number of likely N-dealkylation sites (N-methyl/N-ethyl adjacent to an activating group) is 1. The first-order chi connectivity index (χ1) is 9.35. The lowest BCUT2D eigenvalue weighted by Gasteiger charge is -2.23. The molecule has 0 aliphatic heterocycles. The monoisotopic (exact) mass is 278 g/mol. The highest BCUT2D eigenvalue weighted by Gasteiger charge is 2.19. The van der Waals surface area contributed by atoms with Crippen LogP contribution in [0.25, 0.3) is 0 Å². The van der Waals surface area contributed by atoms with E-state index in [-0.39, 0.29) is 18.4 Å². The predicted octanol–water partition coefficient (Wildman–Crippen LogP) is 0.791. The minimum atomic E-state index is -0.235. The normalized spacial score (nSPS) is 10.2. The summed E-state index contributed by atoms with van der Waals surface area (Å²) in [7, 11) is 3.32. The summed E-state index contributed by atoms with van der Waals surface area (Å²) < 4.78 is 0. The van der Waals surface area contributed by atoms with Crippen molar-refractivity contribution in [1.82, 2.24) is 9.80 Å². The van der Waals surface area contributed by atoms with Crippen molar-refractivity contribution in [2.24, 2.45) is 0 Å². The van der Waals surface area contributed by atoms with E-state index in [0.29, 0.717) is 23.5 Å². The van der Waals surface area contributed by atoms with Gasteiger partial charge in [-0.3, -0.25) is 9.59 Å². The third-order valence-corrected chi connectivity index (χ3v) is 2.83. The Morgan fingerprint density at radius 1 is 1.10 bits per heavy atom. The molecule has 0 bridgehead atoms. The van der Waals surface area contributed by atoms with Crippen LogP contribution in [-0.4, -0.2) is 48.8 Å². The second kappa shape index (κ2) is 6.79. The van der Waals surface area contributed by atoms with Crippen molar-refractivity contribution >= 4 is 23.2 Å². The number of rotatable bonds is 5. The minimum Gasteiger partial charge on any atom is -0.399 e. The summed E-state index contributed by atoms with van der Waals surface area (Å²) in [6.45, 7) is 2.51. The molecule has 0 aliphatic rings. The molecule has 1 rings (SSSR count). The lowest BCUT2D eigenvalue weighted by Crippen LogP contribution is -2.40. The quantitative estimate of drug-likeness (QED) is 0.779. The Kier molecular flexibility index (Phi) is 5.37. The van der Waals surface area contributed by atoms with Gasteiger partial charge in [-0.05, 0) is 24.6 Å². The maximum absolute atomic E-state index is 12.4. The molecule has 0 atom stereocenters. The number of hydrogen-bond acceptors (Lipinski definition) is 4. The number of nitrogen functional groups attached to an aromatic ring is 2. The van der Waals surface area contributed by atoms with Crippen LogP contribution in [0.3, 0.4) is 0 Å². The maximum atomic E-state index is 12.4. The van der Waals surface area contributed by atoms with E-state index in [2.05, 4.69) is 0 Å². The van der Waals surface area contributed by atoms with Gasteiger partial charge in [-0.15, -0.1) is 0 Å². The van der Waals surface area contributed by atoms with Gasteiger partial charge in [-0.2, -0.15) is 0 Å². The molecule has 0 saturated carbocycles. The van der Waals surface area contributed by atoms with E-state index >= 15 is 0 Å². The summed E-state index contributed by atoms with van der Waals surface area (Å²) >= 11 is 0. The zero-order valence-electron chi connectivity index (χ0n) is 12.2. The largest absolute Gasteiger partial charge is 0.399 e. The second-order valence-corrected chi connectivity index (χ2v) is 4.90. The molecule has 0 saturated heterocycles. The van der Waals surface area contributed by atoms with Gasteiger partial charge in [0.2, 0.25) is 5.91 Å². The highest BCUT2D eigenvalue weighted by molar-refractivity contribution is 5.98. The van der Waals surface area contributed by atoms with Gasteiger partial charge in [0.25, 0.3) is 5.91 Å². The highest BCUT2D eigenvalue weighted by Crippen LogP contribution is 2.15. The van der Waals surface area contributed by atoms with Crippen LogP contribution >= 0.6 is 0 Å². The smallest absolute Gasteiger partial charge is 0.254 e. The first kappa shape index (κ1) is 15.8. The van der Waals surface area contributed by atoms with Crippen LogP contribution in [0.5, 0.6) is 0 Å². The molecule has 0 aromatic heterocycles. The molecule has 0 heterocycles. The Hall–Kier alpha value is -2.24. The van der Waals surface area contributed by atoms with Crippen LogP contribution in [-0.2, 0) is 4.79 Å². The molecule has 20 heavy (non-hydrogen) atoms. The number of carbonyl (C=O) groups is 2. The van der Waals surface area contributed by atoms with Crippen molar-refractivity contribution in [2.75, 3.05) is 38.7 Å². The van der Waals surface area contributed by atoms with Crippen molar-refractivity contribution in [1.29, 1.82) is 0 Å². The molecule has 110 valence electrons. The first-order valence-electron chi connectivity index (χ1n) is 6.50. The molecular weight excluding hydrogens is 256 g/mol. The number of benzene rings is 1. The lowest BCUT2D eigenvalue weighted by molar-refractivity contribution is -0.129. The number of amides is 2. The molecule has 2 amide bonds. The van der Waals surface area contributed by atoms with Crippen molar-refractivity contribution in [3.05, 3.63) is 23.8 Å². The predicted molar refractivity (Wildman–Crippen MR) is 80.2 cm³/mol. The van der Waals surface area contributed by atoms with E-state index in [1.54, 1.807) is 32.3 Å². The molecule has 4 N–H and O–H groups in total. The van der Waals surface area contributed by atoms with E-state index in [9.17, 15) is 9.59 Å². The van der Waals surface area contributed by atoms with Crippen LogP contribution < -0.4 is 11.5 Å². The third-order valence-electron chi connectivity index (χ3n) is 2.83. The van der Waals surface area contributed by atoms with Crippen molar-refractivity contribution in [3.63, 3.8) is 0 Å². The molecular formula is C14H22N4O2. The lowest BCUT2D eigenvalue weighted by atomic mass is 10.1. The Balaban J connectivity index is 2.95. The zero-order valence-corrected chi connectivity index (χ0v) is 12.2. The van der Waals surface area contributed by atoms with Crippen LogP contribution in [0, 0.1) is 0 Å². The van der Waals surface area contributed by atoms with Gasteiger partial charge in [-0.1, -0.05) is 6.92 Å². The van der Waals surface area contributed by atoms with Gasteiger partial charge in [0, 0.05) is 37.6 Å². The van der Waals surface area contributed by atoms with E-state index in [1.165, 1.54) is 9.80 Å². The average molecular weight is 278 g/mol. The number of hydrogen-bond donors (Lipinski definition) is 2. The number of nitrogens with zero attached hydrogens (tertiary/aromatic N) is 2. The second-order valence-electron chi connectivity index (χ2n) is 4.90. The van der Waals surface area contributed by atoms with Crippen LogP contribution in [0.2, 0.25) is 0 Å². The van der Waals surface area contributed by atoms with E-state index in [1.807, 2.05) is 6.92 Å². The summed E-state index contributed by atoms with van der Waals surface area (Å²) in [6, 6.07) is 4.73. The summed E-state index contributed by atoms with van der Waals surface area (Å²) in [6.07, 6.45) is 0.768. The standard InChI is InChI=1S/C14H22N4O2/c1-4-5-18(9-13(19)17(2)3)14(20)10-6-11(15)8-12(16)7-10/h6-8H,4-5,9,15-16H2,1-3H3. The van der Waals surface area contributed by atoms with Gasteiger partial charge in [0.05, 0.1) is 0 Å². The van der Waals surface area contributed by atoms with Gasteiger partial charge >= 0.3 is 0 Å². The Morgan fingerprint density at radius 2 is 1.65 bits per heavy atom. The Morgan fingerprint density at radius 3 is 2.10 bits per heavy atom. The molecule has 6 nitrogen and oxygen atoms in total. The maximum Gasteiger partial charge on any atom is 0.254 e.